The molecule has 4 aromatic rings. The minimum absolute atomic E-state index is 0.267. The monoisotopic (exact) mass is 434 g/mol. The molecule has 0 aliphatic carbocycles. The van der Waals surface area contributed by atoms with Crippen LogP contribution in [-0.2, 0) is 13.0 Å². The number of halogens is 1. The van der Waals surface area contributed by atoms with Crippen molar-refractivity contribution < 1.29 is 18.0 Å². The van der Waals surface area contributed by atoms with Gasteiger partial charge in [-0.1, -0.05) is 0 Å². The third-order valence-corrected chi connectivity index (χ3v) is 5.65. The van der Waals surface area contributed by atoms with E-state index in [1.54, 1.807) is 6.92 Å². The Bertz CT molecular complexity index is 1270. The van der Waals surface area contributed by atoms with Gasteiger partial charge in [-0.05, 0) is 88.3 Å². The summed E-state index contributed by atoms with van der Waals surface area (Å²) < 4.78 is 25.0. The third-order valence-electron chi connectivity index (χ3n) is 5.65. The van der Waals surface area contributed by atoms with Gasteiger partial charge >= 0.3 is 0 Å². The average molecular weight is 435 g/mol. The molecule has 1 amide bonds. The Hall–Kier alpha value is -3.38. The fourth-order valence-electron chi connectivity index (χ4n) is 3.96. The lowest BCUT2D eigenvalue weighted by molar-refractivity contribution is 0.102. The van der Waals surface area contributed by atoms with Crippen molar-refractivity contribution in [3.05, 3.63) is 88.3 Å². The number of likely N-dealkylation sites (N-methyl/N-ethyl adjacent to an activating group) is 1. The van der Waals surface area contributed by atoms with Crippen molar-refractivity contribution in [3.63, 3.8) is 0 Å². The van der Waals surface area contributed by atoms with Crippen LogP contribution >= 0.6 is 0 Å². The van der Waals surface area contributed by atoms with Gasteiger partial charge < -0.3 is 14.2 Å². The number of rotatable bonds is 7. The summed E-state index contributed by atoms with van der Waals surface area (Å²) in [5.74, 6) is 2.11. The number of carbonyl (C=O) groups is 1. The number of carbonyl (C=O) groups excluding carboxylic acids is 1. The van der Waals surface area contributed by atoms with Crippen molar-refractivity contribution in [1.29, 1.82) is 0 Å². The summed E-state index contributed by atoms with van der Waals surface area (Å²) >= 11 is 0. The molecule has 0 unspecified atom stereocenters. The maximum Gasteiger partial charge on any atom is 0.255 e. The van der Waals surface area contributed by atoms with Crippen molar-refractivity contribution in [2.75, 3.05) is 18.9 Å². The molecule has 0 saturated carbocycles. The second-order valence-electron chi connectivity index (χ2n) is 8.26. The number of aryl methyl sites for hydroxylation is 3. The predicted octanol–water partition coefficient (Wildman–Crippen LogP) is 6.02. The molecule has 2 aromatic heterocycles. The van der Waals surface area contributed by atoms with Crippen molar-refractivity contribution >= 4 is 22.6 Å². The Morgan fingerprint density at radius 3 is 2.56 bits per heavy atom. The first-order valence-electron chi connectivity index (χ1n) is 10.6. The van der Waals surface area contributed by atoms with E-state index in [1.165, 1.54) is 18.2 Å². The molecule has 32 heavy (non-hydrogen) atoms. The smallest absolute Gasteiger partial charge is 0.255 e. The number of anilines is 1. The van der Waals surface area contributed by atoms with Crippen LogP contribution in [-0.4, -0.2) is 24.4 Å². The number of benzene rings is 2. The second-order valence-corrected chi connectivity index (χ2v) is 8.26. The molecule has 0 aliphatic rings. The number of hydrogen-bond donors (Lipinski definition) is 1. The average Bonchev–Trinajstić information content (AvgIpc) is 3.27. The summed E-state index contributed by atoms with van der Waals surface area (Å²) in [4.78, 5) is 14.9. The zero-order valence-corrected chi connectivity index (χ0v) is 18.8. The molecule has 4 rings (SSSR count). The highest BCUT2D eigenvalue weighted by atomic mass is 19.1. The Morgan fingerprint density at radius 2 is 1.84 bits per heavy atom. The summed E-state index contributed by atoms with van der Waals surface area (Å²) in [6, 6.07) is 13.8. The van der Waals surface area contributed by atoms with Crippen LogP contribution in [0.1, 0.15) is 38.8 Å². The molecule has 5 nitrogen and oxygen atoms in total. The van der Waals surface area contributed by atoms with E-state index in [0.29, 0.717) is 16.8 Å². The maximum absolute atomic E-state index is 13.4. The zero-order chi connectivity index (χ0) is 22.8. The Labute approximate surface area is 186 Å². The first-order chi connectivity index (χ1) is 15.3. The van der Waals surface area contributed by atoms with E-state index in [1.807, 2.05) is 44.2 Å². The summed E-state index contributed by atoms with van der Waals surface area (Å²) in [5, 5.41) is 3.91. The molecule has 2 aromatic carbocycles. The number of amides is 1. The van der Waals surface area contributed by atoms with Crippen LogP contribution < -0.4 is 5.32 Å². The fraction of sp³-hybridized carbons (Fsp3) is 0.269. The van der Waals surface area contributed by atoms with Gasteiger partial charge in [-0.3, -0.25) is 9.69 Å². The molecule has 1 N–H and O–H groups in total. The largest absolute Gasteiger partial charge is 0.465 e. The Kier molecular flexibility index (Phi) is 6.15. The second kappa shape index (κ2) is 9.01. The molecule has 0 saturated heterocycles. The van der Waals surface area contributed by atoms with Crippen LogP contribution in [0.25, 0.3) is 11.0 Å². The molecule has 6 heteroatoms. The predicted molar refractivity (Wildman–Crippen MR) is 124 cm³/mol. The highest BCUT2D eigenvalue weighted by molar-refractivity contribution is 6.06. The topological polar surface area (TPSA) is 58.6 Å². The van der Waals surface area contributed by atoms with Crippen LogP contribution in [0.2, 0.25) is 0 Å². The van der Waals surface area contributed by atoms with Gasteiger partial charge in [-0.2, -0.15) is 0 Å². The molecule has 0 aliphatic heterocycles. The van der Waals surface area contributed by atoms with Gasteiger partial charge in [-0.15, -0.1) is 0 Å². The van der Waals surface area contributed by atoms with Gasteiger partial charge in [0.15, 0.2) is 0 Å². The normalized spacial score (nSPS) is 11.4. The lowest BCUT2D eigenvalue weighted by Crippen LogP contribution is -2.20. The van der Waals surface area contributed by atoms with Gasteiger partial charge in [0.25, 0.3) is 5.91 Å². The van der Waals surface area contributed by atoms with E-state index >= 15 is 0 Å². The lowest BCUT2D eigenvalue weighted by atomic mass is 10.1. The first-order valence-corrected chi connectivity index (χ1v) is 10.6. The van der Waals surface area contributed by atoms with Gasteiger partial charge in [0.2, 0.25) is 0 Å². The minimum Gasteiger partial charge on any atom is -0.465 e. The lowest BCUT2D eigenvalue weighted by Gasteiger charge is -2.15. The minimum atomic E-state index is -0.355. The number of fused-ring (bicyclic) bond motifs is 1. The van der Waals surface area contributed by atoms with Gasteiger partial charge in [-0.25, -0.2) is 4.39 Å². The van der Waals surface area contributed by atoms with Gasteiger partial charge in [0, 0.05) is 28.7 Å². The van der Waals surface area contributed by atoms with E-state index in [0.717, 1.165) is 53.3 Å². The first kappa shape index (κ1) is 21.8. The quantitative estimate of drug-likeness (QED) is 0.387. The molecule has 166 valence electrons. The van der Waals surface area contributed by atoms with Crippen LogP contribution in [0.15, 0.2) is 57.4 Å². The van der Waals surface area contributed by atoms with E-state index < -0.39 is 0 Å². The fourth-order valence-corrected chi connectivity index (χ4v) is 3.96. The summed E-state index contributed by atoms with van der Waals surface area (Å²) in [6.45, 7) is 7.20. The SMILES string of the molecule is Cc1ccc(CN(C)CCc2c(C)oc3ccc(NC(=O)c4ccc(F)cc4C)cc23)o1. The van der Waals surface area contributed by atoms with Crippen LogP contribution in [0, 0.1) is 26.6 Å². The van der Waals surface area contributed by atoms with Crippen molar-refractivity contribution in [1.82, 2.24) is 4.90 Å². The highest BCUT2D eigenvalue weighted by Gasteiger charge is 2.15. The molecule has 2 heterocycles. The molecule has 0 spiro atoms. The number of hydrogen-bond acceptors (Lipinski definition) is 4. The Balaban J connectivity index is 1.49. The Morgan fingerprint density at radius 1 is 1.03 bits per heavy atom. The molecular weight excluding hydrogens is 407 g/mol. The van der Waals surface area contributed by atoms with Crippen LogP contribution in [0.5, 0.6) is 0 Å². The number of furan rings is 2. The highest BCUT2D eigenvalue weighted by Crippen LogP contribution is 2.29. The van der Waals surface area contributed by atoms with Crippen molar-refractivity contribution in [3.8, 4) is 0 Å². The van der Waals surface area contributed by atoms with Gasteiger partial charge in [0.05, 0.1) is 6.54 Å². The molecule has 0 bridgehead atoms. The summed E-state index contributed by atoms with van der Waals surface area (Å²) in [6.07, 6.45) is 0.809. The molecule has 0 radical (unpaired) electrons. The number of nitrogens with one attached hydrogen (secondary N) is 1. The van der Waals surface area contributed by atoms with E-state index in [4.69, 9.17) is 8.83 Å². The molecular formula is C26H27FN2O3. The van der Waals surface area contributed by atoms with Gasteiger partial charge in [0.1, 0.15) is 28.7 Å². The summed E-state index contributed by atoms with van der Waals surface area (Å²) in [5.41, 5.74) is 3.63. The number of nitrogens with zero attached hydrogens (tertiary/aromatic N) is 1. The van der Waals surface area contributed by atoms with Crippen molar-refractivity contribution in [2.45, 2.75) is 33.7 Å². The van der Waals surface area contributed by atoms with Crippen LogP contribution in [0.4, 0.5) is 10.1 Å². The molecule has 0 atom stereocenters. The van der Waals surface area contributed by atoms with E-state index in [2.05, 4.69) is 17.3 Å². The maximum atomic E-state index is 13.4. The standard InChI is InChI=1S/C26H27FN2O3/c1-16-13-19(27)6-9-22(16)26(30)28-20-7-10-25-24(14-20)23(18(3)32-25)11-12-29(4)15-21-8-5-17(2)31-21/h5-10,13-14H,11-12,15H2,1-4H3,(H,28,30). The zero-order valence-electron chi connectivity index (χ0n) is 18.8. The summed E-state index contributed by atoms with van der Waals surface area (Å²) in [7, 11) is 2.06. The van der Waals surface area contributed by atoms with Crippen molar-refractivity contribution in [2.24, 2.45) is 0 Å². The third kappa shape index (κ3) is 4.75. The van der Waals surface area contributed by atoms with E-state index in [9.17, 15) is 9.18 Å². The van der Waals surface area contributed by atoms with E-state index in [-0.39, 0.29) is 11.7 Å². The van der Waals surface area contributed by atoms with Crippen LogP contribution in [0.3, 0.4) is 0 Å². The molecule has 0 fully saturated rings.